The van der Waals surface area contributed by atoms with Crippen LogP contribution in [0.5, 0.6) is 0 Å². The molecule has 0 saturated heterocycles. The van der Waals surface area contributed by atoms with Gasteiger partial charge in [0.2, 0.25) is 0 Å². The lowest BCUT2D eigenvalue weighted by atomic mass is 9.93. The summed E-state index contributed by atoms with van der Waals surface area (Å²) < 4.78 is 6.19. The van der Waals surface area contributed by atoms with E-state index in [-0.39, 0.29) is 0 Å². The van der Waals surface area contributed by atoms with E-state index in [9.17, 15) is 0 Å². The van der Waals surface area contributed by atoms with E-state index in [1.165, 1.54) is 0 Å². The van der Waals surface area contributed by atoms with Crippen molar-refractivity contribution in [3.8, 4) is 33.4 Å². The summed E-state index contributed by atoms with van der Waals surface area (Å²) in [4.78, 5) is 0. The van der Waals surface area contributed by atoms with Gasteiger partial charge < -0.3 is 0 Å². The molecule has 0 nitrogen and oxygen atoms in total. The molecule has 0 amide bonds. The molecule has 4 aromatic carbocycles. The zero-order valence-electron chi connectivity index (χ0n) is 15.2. The van der Waals surface area contributed by atoms with Crippen LogP contribution in [-0.4, -0.2) is 0 Å². The molecule has 0 spiro atoms. The number of rotatable bonds is 3. The van der Waals surface area contributed by atoms with Gasteiger partial charge in [0.05, 0.1) is 0 Å². The lowest BCUT2D eigenvalue weighted by Crippen LogP contribution is -1.89. The van der Waals surface area contributed by atoms with E-state index < -0.39 is 0 Å². The Kier molecular flexibility index (Phi) is 7.43. The van der Waals surface area contributed by atoms with Gasteiger partial charge >= 0.3 is 0 Å². The quantitative estimate of drug-likeness (QED) is 0.194. The minimum atomic E-state index is 1.03. The van der Waals surface area contributed by atoms with Crippen LogP contribution in [0.4, 0.5) is 0 Å². The molecule has 0 radical (unpaired) electrons. The van der Waals surface area contributed by atoms with E-state index in [0.29, 0.717) is 0 Å². The van der Waals surface area contributed by atoms with Crippen LogP contribution in [0.15, 0.2) is 99.6 Å². The van der Waals surface area contributed by atoms with E-state index in [4.69, 9.17) is 0 Å². The van der Waals surface area contributed by atoms with Gasteiger partial charge in [0.25, 0.3) is 0 Å². The van der Waals surface area contributed by atoms with Crippen molar-refractivity contribution in [2.45, 2.75) is 0 Å². The summed E-state index contributed by atoms with van der Waals surface area (Å²) in [5.41, 5.74) is 6.79. The molecular formula is C24H12Br6. The average Bonchev–Trinajstić information content (AvgIpc) is 2.73. The third-order valence-electron chi connectivity index (χ3n) is 4.72. The molecule has 0 aliphatic rings. The first-order chi connectivity index (χ1) is 14.4. The van der Waals surface area contributed by atoms with E-state index in [2.05, 4.69) is 150 Å². The third kappa shape index (κ3) is 4.60. The first-order valence-electron chi connectivity index (χ1n) is 8.85. The topological polar surface area (TPSA) is 0 Å². The highest BCUT2D eigenvalue weighted by atomic mass is 79.9. The second-order valence-corrected chi connectivity index (χ2v) is 11.5. The number of benzene rings is 4. The van der Waals surface area contributed by atoms with Crippen molar-refractivity contribution in [2.75, 3.05) is 0 Å². The molecule has 6 heteroatoms. The maximum atomic E-state index is 3.75. The summed E-state index contributed by atoms with van der Waals surface area (Å²) in [6, 6.07) is 25.4. The minimum Gasteiger partial charge on any atom is -0.0604 e. The normalized spacial score (nSPS) is 11.0. The maximum Gasteiger partial charge on any atom is 0.0395 e. The zero-order chi connectivity index (χ0) is 21.4. The summed E-state index contributed by atoms with van der Waals surface area (Å²) in [6.07, 6.45) is 0. The molecule has 0 N–H and O–H groups in total. The molecule has 0 aromatic heterocycles. The van der Waals surface area contributed by atoms with Crippen molar-refractivity contribution in [1.29, 1.82) is 0 Å². The van der Waals surface area contributed by atoms with Crippen molar-refractivity contribution in [2.24, 2.45) is 0 Å². The van der Waals surface area contributed by atoms with Crippen LogP contribution in [0, 0.1) is 0 Å². The Bertz CT molecular complexity index is 1090. The largest absolute Gasteiger partial charge is 0.0604 e. The molecule has 0 saturated carbocycles. The molecule has 4 aromatic rings. The Hall–Kier alpha value is -0.240. The van der Waals surface area contributed by atoms with E-state index in [1.54, 1.807) is 0 Å². The van der Waals surface area contributed by atoms with Gasteiger partial charge in [-0.2, -0.15) is 0 Å². The van der Waals surface area contributed by atoms with Gasteiger partial charge in [-0.3, -0.25) is 0 Å². The lowest BCUT2D eigenvalue weighted by Gasteiger charge is -2.15. The van der Waals surface area contributed by atoms with Crippen molar-refractivity contribution in [3.63, 3.8) is 0 Å². The van der Waals surface area contributed by atoms with Gasteiger partial charge in [0.15, 0.2) is 0 Å². The number of hydrogen-bond donors (Lipinski definition) is 0. The minimum absolute atomic E-state index is 1.03. The molecule has 0 fully saturated rings. The van der Waals surface area contributed by atoms with Crippen LogP contribution in [0.1, 0.15) is 0 Å². The summed E-state index contributed by atoms with van der Waals surface area (Å²) in [7, 11) is 0. The molecule has 0 heterocycles. The molecule has 4 rings (SSSR count). The fourth-order valence-electron chi connectivity index (χ4n) is 3.27. The van der Waals surface area contributed by atoms with E-state index >= 15 is 0 Å². The van der Waals surface area contributed by atoms with Gasteiger partial charge in [0.1, 0.15) is 0 Å². The molecule has 0 atom stereocenters. The Labute approximate surface area is 226 Å². The Balaban J connectivity index is 2.03. The Morgan fingerprint density at radius 3 is 0.900 bits per heavy atom. The molecule has 0 bridgehead atoms. The average molecular weight is 780 g/mol. The van der Waals surface area contributed by atoms with Crippen LogP contribution in [0.25, 0.3) is 33.4 Å². The summed E-state index contributed by atoms with van der Waals surface area (Å²) in [5, 5.41) is 0. The molecule has 0 unspecified atom stereocenters. The van der Waals surface area contributed by atoms with Crippen molar-refractivity contribution in [1.82, 2.24) is 0 Å². The predicted molar refractivity (Wildman–Crippen MR) is 149 cm³/mol. The summed E-state index contributed by atoms with van der Waals surface area (Å²) in [5.74, 6) is 0. The van der Waals surface area contributed by atoms with Gasteiger partial charge in [-0.1, -0.05) is 36.4 Å². The first-order valence-corrected chi connectivity index (χ1v) is 13.6. The van der Waals surface area contributed by atoms with Crippen molar-refractivity contribution < 1.29 is 0 Å². The fourth-order valence-corrected chi connectivity index (χ4v) is 5.85. The predicted octanol–water partition coefficient (Wildman–Crippen LogP) is 11.3. The van der Waals surface area contributed by atoms with Crippen LogP contribution in [0.3, 0.4) is 0 Å². The highest BCUT2D eigenvalue weighted by molar-refractivity contribution is 9.13. The Morgan fingerprint density at radius 2 is 0.633 bits per heavy atom. The SMILES string of the molecule is Brc1cccc(-c2cc(-c3cccc(Br)c3Br)cc(-c3cccc(Br)c3Br)c2)c1Br. The third-order valence-corrected chi connectivity index (χ3v) is 10.9. The molecule has 150 valence electrons. The molecular weight excluding hydrogens is 768 g/mol. The monoisotopic (exact) mass is 774 g/mol. The van der Waals surface area contributed by atoms with Crippen molar-refractivity contribution in [3.05, 3.63) is 99.6 Å². The maximum absolute atomic E-state index is 3.75. The Morgan fingerprint density at radius 1 is 0.367 bits per heavy atom. The fraction of sp³-hybridized carbons (Fsp3) is 0. The van der Waals surface area contributed by atoms with Gasteiger partial charge in [-0.05, 0) is 165 Å². The highest BCUT2D eigenvalue weighted by Crippen LogP contribution is 2.42. The number of hydrogen-bond acceptors (Lipinski definition) is 0. The van der Waals surface area contributed by atoms with Gasteiger partial charge in [-0.25, -0.2) is 0 Å². The summed E-state index contributed by atoms with van der Waals surface area (Å²) in [6.45, 7) is 0. The number of halogens is 6. The van der Waals surface area contributed by atoms with E-state index in [0.717, 1.165) is 60.2 Å². The summed E-state index contributed by atoms with van der Waals surface area (Å²) >= 11 is 22.2. The zero-order valence-corrected chi connectivity index (χ0v) is 24.7. The van der Waals surface area contributed by atoms with Crippen molar-refractivity contribution >= 4 is 95.6 Å². The molecule has 30 heavy (non-hydrogen) atoms. The molecule has 0 aliphatic heterocycles. The molecule has 0 aliphatic carbocycles. The van der Waals surface area contributed by atoms with Gasteiger partial charge in [0, 0.05) is 26.8 Å². The second kappa shape index (κ2) is 9.72. The smallest absolute Gasteiger partial charge is 0.0395 e. The van der Waals surface area contributed by atoms with Crippen LogP contribution in [0.2, 0.25) is 0 Å². The van der Waals surface area contributed by atoms with Crippen LogP contribution in [-0.2, 0) is 0 Å². The standard InChI is InChI=1S/C24H12Br6/c25-19-7-1-4-16(22(19)28)13-10-14(17-5-2-8-20(26)23(17)29)12-15(11-13)18-6-3-9-21(27)24(18)30/h1-12H. The van der Waals surface area contributed by atoms with Crippen LogP contribution < -0.4 is 0 Å². The van der Waals surface area contributed by atoms with Crippen LogP contribution >= 0.6 is 95.6 Å². The lowest BCUT2D eigenvalue weighted by molar-refractivity contribution is 1.50. The van der Waals surface area contributed by atoms with E-state index in [1.807, 2.05) is 18.2 Å². The van der Waals surface area contributed by atoms with Gasteiger partial charge in [-0.15, -0.1) is 0 Å². The first kappa shape index (κ1) is 22.9. The second-order valence-electron chi connectivity index (χ2n) is 6.60. The highest BCUT2D eigenvalue weighted by Gasteiger charge is 2.15.